The standard InChI is InChI=1S/C23H28N4O2/c1-16-14-24-21-19(16)20(18(15-25-21)17-8-6-5-7-9-17)26-10-12-27(13-11-26)22(28)29-23(2,3)4/h5-9,14-15H,10-13H2,1-4H3,(H,24,25). The number of aromatic amines is 1. The molecular weight excluding hydrogens is 364 g/mol. The first kappa shape index (κ1) is 19.3. The van der Waals surface area contributed by atoms with Crippen molar-refractivity contribution in [2.45, 2.75) is 33.3 Å². The van der Waals surface area contributed by atoms with Gasteiger partial charge in [0.25, 0.3) is 0 Å². The van der Waals surface area contributed by atoms with Crippen LogP contribution in [0.15, 0.2) is 42.7 Å². The summed E-state index contributed by atoms with van der Waals surface area (Å²) in [6, 6.07) is 10.4. The Morgan fingerprint density at radius 1 is 1.10 bits per heavy atom. The molecule has 1 aliphatic heterocycles. The summed E-state index contributed by atoms with van der Waals surface area (Å²) in [5.74, 6) is 0. The van der Waals surface area contributed by atoms with Gasteiger partial charge in [-0.2, -0.15) is 0 Å². The number of carbonyl (C=O) groups is 1. The molecule has 0 atom stereocenters. The second kappa shape index (κ2) is 7.43. The number of aromatic nitrogens is 2. The highest BCUT2D eigenvalue weighted by molar-refractivity contribution is 6.00. The number of hydrogen-bond acceptors (Lipinski definition) is 4. The summed E-state index contributed by atoms with van der Waals surface area (Å²) in [4.78, 5) is 24.5. The number of pyridine rings is 1. The minimum atomic E-state index is -0.478. The molecule has 1 aromatic carbocycles. The van der Waals surface area contributed by atoms with Crippen LogP contribution in [0.25, 0.3) is 22.2 Å². The Hall–Kier alpha value is -3.02. The Kier molecular flexibility index (Phi) is 4.94. The van der Waals surface area contributed by atoms with Crippen LogP contribution < -0.4 is 4.90 Å². The van der Waals surface area contributed by atoms with E-state index in [0.29, 0.717) is 13.1 Å². The molecule has 0 aliphatic carbocycles. The summed E-state index contributed by atoms with van der Waals surface area (Å²) in [7, 11) is 0. The molecule has 6 nitrogen and oxygen atoms in total. The van der Waals surface area contributed by atoms with Gasteiger partial charge in [-0.3, -0.25) is 0 Å². The molecule has 2 aromatic heterocycles. The zero-order chi connectivity index (χ0) is 20.6. The number of nitrogens with one attached hydrogen (secondary N) is 1. The van der Waals surface area contributed by atoms with E-state index >= 15 is 0 Å². The maximum atomic E-state index is 12.4. The quantitative estimate of drug-likeness (QED) is 0.693. The lowest BCUT2D eigenvalue weighted by atomic mass is 10.0. The van der Waals surface area contributed by atoms with Crippen LogP contribution >= 0.6 is 0 Å². The number of nitrogens with zero attached hydrogens (tertiary/aromatic N) is 3. The molecule has 0 unspecified atom stereocenters. The van der Waals surface area contributed by atoms with Crippen molar-refractivity contribution in [3.63, 3.8) is 0 Å². The number of amides is 1. The van der Waals surface area contributed by atoms with Gasteiger partial charge < -0.3 is 19.5 Å². The molecule has 0 radical (unpaired) electrons. The van der Waals surface area contributed by atoms with Crippen molar-refractivity contribution in [2.24, 2.45) is 0 Å². The monoisotopic (exact) mass is 392 g/mol. The average Bonchev–Trinajstić information content (AvgIpc) is 3.08. The number of rotatable bonds is 2. The van der Waals surface area contributed by atoms with Crippen molar-refractivity contribution in [1.29, 1.82) is 0 Å². The Labute approximate surface area is 171 Å². The number of hydrogen-bond donors (Lipinski definition) is 1. The Morgan fingerprint density at radius 3 is 2.45 bits per heavy atom. The SMILES string of the molecule is Cc1c[nH]c2ncc(-c3ccccc3)c(N3CCN(C(=O)OC(C)(C)C)CC3)c12. The van der Waals surface area contributed by atoms with E-state index in [1.54, 1.807) is 4.90 Å². The van der Waals surface area contributed by atoms with Crippen molar-refractivity contribution in [3.05, 3.63) is 48.3 Å². The fourth-order valence-electron chi connectivity index (χ4n) is 3.83. The summed E-state index contributed by atoms with van der Waals surface area (Å²) in [6.07, 6.45) is 3.72. The third-order valence-electron chi connectivity index (χ3n) is 5.20. The molecule has 4 rings (SSSR count). The average molecular weight is 393 g/mol. The molecule has 0 saturated carbocycles. The molecule has 152 valence electrons. The van der Waals surface area contributed by atoms with E-state index in [0.717, 1.165) is 35.2 Å². The number of piperazine rings is 1. The molecule has 6 heteroatoms. The lowest BCUT2D eigenvalue weighted by molar-refractivity contribution is 0.0241. The van der Waals surface area contributed by atoms with Crippen LogP contribution in [0.3, 0.4) is 0 Å². The highest BCUT2D eigenvalue weighted by atomic mass is 16.6. The molecule has 3 heterocycles. The highest BCUT2D eigenvalue weighted by Crippen LogP contribution is 2.38. The lowest BCUT2D eigenvalue weighted by Crippen LogP contribution is -2.50. The van der Waals surface area contributed by atoms with Crippen LogP contribution in [0.1, 0.15) is 26.3 Å². The van der Waals surface area contributed by atoms with E-state index in [1.807, 2.05) is 51.4 Å². The van der Waals surface area contributed by atoms with Crippen LogP contribution in [0.5, 0.6) is 0 Å². The molecule has 0 spiro atoms. The molecule has 1 aliphatic rings. The number of anilines is 1. The van der Waals surface area contributed by atoms with Crippen LogP contribution in [0.2, 0.25) is 0 Å². The highest BCUT2D eigenvalue weighted by Gasteiger charge is 2.28. The van der Waals surface area contributed by atoms with Crippen LogP contribution in [-0.2, 0) is 4.74 Å². The maximum absolute atomic E-state index is 12.4. The van der Waals surface area contributed by atoms with Crippen molar-refractivity contribution < 1.29 is 9.53 Å². The van der Waals surface area contributed by atoms with Gasteiger partial charge in [0, 0.05) is 49.5 Å². The second-order valence-corrected chi connectivity index (χ2v) is 8.54. The molecule has 1 saturated heterocycles. The summed E-state index contributed by atoms with van der Waals surface area (Å²) < 4.78 is 5.54. The Bertz CT molecular complexity index is 1010. The minimum absolute atomic E-state index is 0.238. The first-order valence-corrected chi connectivity index (χ1v) is 10.1. The smallest absolute Gasteiger partial charge is 0.410 e. The third-order valence-corrected chi connectivity index (χ3v) is 5.20. The Morgan fingerprint density at radius 2 is 1.79 bits per heavy atom. The van der Waals surface area contributed by atoms with E-state index in [1.165, 1.54) is 11.3 Å². The largest absolute Gasteiger partial charge is 0.444 e. The van der Waals surface area contributed by atoms with Gasteiger partial charge in [-0.05, 0) is 38.8 Å². The Balaban J connectivity index is 1.66. The number of fused-ring (bicyclic) bond motifs is 1. The molecular formula is C23H28N4O2. The normalized spacial score (nSPS) is 15.0. The topological polar surface area (TPSA) is 61.5 Å². The van der Waals surface area contributed by atoms with Gasteiger partial charge >= 0.3 is 6.09 Å². The molecule has 1 N–H and O–H groups in total. The van der Waals surface area contributed by atoms with E-state index < -0.39 is 5.60 Å². The number of benzene rings is 1. The molecule has 1 fully saturated rings. The molecule has 1 amide bonds. The predicted octanol–water partition coefficient (Wildman–Crippen LogP) is 4.60. The van der Waals surface area contributed by atoms with Gasteiger partial charge in [0.15, 0.2) is 0 Å². The molecule has 0 bridgehead atoms. The van der Waals surface area contributed by atoms with Crippen LogP contribution in [0.4, 0.5) is 10.5 Å². The fourth-order valence-corrected chi connectivity index (χ4v) is 3.83. The first-order chi connectivity index (χ1) is 13.8. The van der Waals surface area contributed by atoms with Gasteiger partial charge in [-0.15, -0.1) is 0 Å². The van der Waals surface area contributed by atoms with Crippen molar-refractivity contribution in [3.8, 4) is 11.1 Å². The van der Waals surface area contributed by atoms with Gasteiger partial charge in [-0.25, -0.2) is 9.78 Å². The number of carbonyl (C=O) groups excluding carboxylic acids is 1. The minimum Gasteiger partial charge on any atom is -0.444 e. The lowest BCUT2D eigenvalue weighted by Gasteiger charge is -2.37. The van der Waals surface area contributed by atoms with E-state index in [9.17, 15) is 4.79 Å². The maximum Gasteiger partial charge on any atom is 0.410 e. The number of aryl methyl sites for hydroxylation is 1. The fraction of sp³-hybridized carbons (Fsp3) is 0.391. The summed E-state index contributed by atoms with van der Waals surface area (Å²) in [5, 5.41) is 1.15. The van der Waals surface area contributed by atoms with E-state index in [4.69, 9.17) is 4.74 Å². The summed E-state index contributed by atoms with van der Waals surface area (Å²) >= 11 is 0. The zero-order valence-electron chi connectivity index (χ0n) is 17.5. The summed E-state index contributed by atoms with van der Waals surface area (Å²) in [5.41, 5.74) is 5.04. The van der Waals surface area contributed by atoms with E-state index in [-0.39, 0.29) is 6.09 Å². The zero-order valence-corrected chi connectivity index (χ0v) is 17.5. The van der Waals surface area contributed by atoms with Gasteiger partial charge in [0.1, 0.15) is 11.2 Å². The first-order valence-electron chi connectivity index (χ1n) is 10.1. The molecule has 29 heavy (non-hydrogen) atoms. The van der Waals surface area contributed by atoms with Gasteiger partial charge in [-0.1, -0.05) is 30.3 Å². The number of ether oxygens (including phenoxy) is 1. The molecule has 3 aromatic rings. The number of H-pyrrole nitrogens is 1. The summed E-state index contributed by atoms with van der Waals surface area (Å²) in [6.45, 7) is 10.6. The predicted molar refractivity (Wildman–Crippen MR) is 116 cm³/mol. The van der Waals surface area contributed by atoms with Crippen molar-refractivity contribution >= 4 is 22.8 Å². The van der Waals surface area contributed by atoms with Crippen LogP contribution in [-0.4, -0.2) is 52.7 Å². The van der Waals surface area contributed by atoms with Crippen molar-refractivity contribution in [1.82, 2.24) is 14.9 Å². The van der Waals surface area contributed by atoms with Gasteiger partial charge in [0.05, 0.1) is 5.69 Å². The van der Waals surface area contributed by atoms with Gasteiger partial charge in [0.2, 0.25) is 0 Å². The van der Waals surface area contributed by atoms with Crippen LogP contribution in [0, 0.1) is 6.92 Å². The third kappa shape index (κ3) is 3.92. The van der Waals surface area contributed by atoms with Crippen molar-refractivity contribution in [2.75, 3.05) is 31.1 Å². The second-order valence-electron chi connectivity index (χ2n) is 8.54. The van der Waals surface area contributed by atoms with E-state index in [2.05, 4.69) is 33.9 Å².